The van der Waals surface area contributed by atoms with E-state index in [0.717, 1.165) is 30.1 Å². The van der Waals surface area contributed by atoms with Crippen molar-refractivity contribution in [1.82, 2.24) is 25.1 Å². The van der Waals surface area contributed by atoms with Gasteiger partial charge in [-0.25, -0.2) is 5.43 Å². The molecule has 3 atom stereocenters. The van der Waals surface area contributed by atoms with Crippen molar-refractivity contribution in [1.29, 1.82) is 0 Å². The second-order valence-corrected chi connectivity index (χ2v) is 11.5. The van der Waals surface area contributed by atoms with Gasteiger partial charge in [0.2, 0.25) is 0 Å². The van der Waals surface area contributed by atoms with E-state index in [4.69, 9.17) is 11.6 Å². The molecule has 1 N–H and O–H groups in total. The van der Waals surface area contributed by atoms with E-state index in [1.54, 1.807) is 0 Å². The third-order valence-electron chi connectivity index (χ3n) is 8.05. The number of benzene rings is 1. The predicted octanol–water partition coefficient (Wildman–Crippen LogP) is 4.95. The van der Waals surface area contributed by atoms with Gasteiger partial charge in [-0.1, -0.05) is 44.1 Å². The number of nitrogens with one attached hydrogen (secondary N) is 1. The van der Waals surface area contributed by atoms with Crippen molar-refractivity contribution in [3.8, 4) is 5.69 Å². The molecule has 9 heteroatoms. The lowest BCUT2D eigenvalue weighted by Gasteiger charge is -2.34. The van der Waals surface area contributed by atoms with E-state index in [0.29, 0.717) is 16.1 Å². The quantitative estimate of drug-likeness (QED) is 0.440. The lowest BCUT2D eigenvalue weighted by Crippen LogP contribution is -2.34. The molecule has 3 unspecified atom stereocenters. The van der Waals surface area contributed by atoms with Crippen LogP contribution < -0.4 is 5.43 Å². The molecule has 2 saturated carbocycles. The molecule has 2 aliphatic carbocycles. The van der Waals surface area contributed by atoms with Crippen LogP contribution in [0.15, 0.2) is 34.5 Å². The van der Waals surface area contributed by atoms with Gasteiger partial charge in [0.05, 0.1) is 11.8 Å². The summed E-state index contributed by atoms with van der Waals surface area (Å²) < 4.78 is 1.99. The van der Waals surface area contributed by atoms with Crippen LogP contribution in [-0.4, -0.2) is 51.1 Å². The van der Waals surface area contributed by atoms with Gasteiger partial charge in [-0.3, -0.25) is 14.3 Å². The summed E-state index contributed by atoms with van der Waals surface area (Å²) in [6, 6.07) is 7.60. The van der Waals surface area contributed by atoms with Gasteiger partial charge in [-0.2, -0.15) is 5.10 Å². The number of rotatable bonds is 7. The van der Waals surface area contributed by atoms with Crippen molar-refractivity contribution in [2.24, 2.45) is 21.8 Å². The zero-order valence-corrected chi connectivity index (χ0v) is 21.8. The van der Waals surface area contributed by atoms with Crippen molar-refractivity contribution in [2.75, 3.05) is 19.8 Å². The van der Waals surface area contributed by atoms with Gasteiger partial charge in [0.25, 0.3) is 5.91 Å². The minimum absolute atomic E-state index is 0.0460. The molecule has 0 spiro atoms. The minimum atomic E-state index is -0.135. The first-order valence-electron chi connectivity index (χ1n) is 11.4. The van der Waals surface area contributed by atoms with Gasteiger partial charge in [0, 0.05) is 21.8 Å². The number of hydrazone groups is 1. The van der Waals surface area contributed by atoms with Crippen LogP contribution in [0.2, 0.25) is 5.02 Å². The predicted molar refractivity (Wildman–Crippen MR) is 134 cm³/mol. The maximum absolute atomic E-state index is 12.7. The number of amides is 1. The SMILES string of the molecule is CC(c1nnc(SCC(=O)N/N=C2\CC3CCC2(C)C3(C)C)n1-c1ccc(Cl)cc1)N(C)C. The van der Waals surface area contributed by atoms with Crippen molar-refractivity contribution in [3.63, 3.8) is 0 Å². The van der Waals surface area contributed by atoms with Crippen LogP contribution in [-0.2, 0) is 4.79 Å². The molecule has 0 radical (unpaired) electrons. The molecule has 0 saturated heterocycles. The Balaban J connectivity index is 1.48. The Bertz CT molecular complexity index is 1060. The average Bonchev–Trinajstić information content (AvgIpc) is 3.35. The molecule has 1 amide bonds. The van der Waals surface area contributed by atoms with Gasteiger partial charge in [0.1, 0.15) is 0 Å². The van der Waals surface area contributed by atoms with E-state index in [2.05, 4.69) is 53.3 Å². The Labute approximate surface area is 205 Å². The van der Waals surface area contributed by atoms with E-state index >= 15 is 0 Å². The summed E-state index contributed by atoms with van der Waals surface area (Å²) in [5.74, 6) is 1.54. The first-order valence-corrected chi connectivity index (χ1v) is 12.8. The molecule has 178 valence electrons. The Hall–Kier alpha value is -1.90. The molecule has 4 rings (SSSR count). The number of aromatic nitrogens is 3. The summed E-state index contributed by atoms with van der Waals surface area (Å²) in [6.07, 6.45) is 3.37. The van der Waals surface area contributed by atoms with Crippen molar-refractivity contribution in [3.05, 3.63) is 35.1 Å². The van der Waals surface area contributed by atoms with Crippen molar-refractivity contribution < 1.29 is 4.79 Å². The highest BCUT2D eigenvalue weighted by Gasteiger charge is 2.60. The van der Waals surface area contributed by atoms with Gasteiger partial charge in [0.15, 0.2) is 11.0 Å². The van der Waals surface area contributed by atoms with Crippen molar-refractivity contribution >= 4 is 35.0 Å². The van der Waals surface area contributed by atoms with E-state index in [1.807, 2.05) is 42.9 Å². The molecular weight excluding hydrogens is 456 g/mol. The Kier molecular flexibility index (Phi) is 6.64. The summed E-state index contributed by atoms with van der Waals surface area (Å²) >= 11 is 7.45. The summed E-state index contributed by atoms with van der Waals surface area (Å²) in [4.78, 5) is 14.7. The number of carbonyl (C=O) groups excluding carboxylic acids is 1. The first kappa shape index (κ1) is 24.2. The largest absolute Gasteiger partial charge is 0.300 e. The van der Waals surface area contributed by atoms with E-state index in [9.17, 15) is 4.79 Å². The highest BCUT2D eigenvalue weighted by atomic mass is 35.5. The van der Waals surface area contributed by atoms with Gasteiger partial charge >= 0.3 is 0 Å². The fraction of sp³-hybridized carbons (Fsp3) is 0.583. The monoisotopic (exact) mass is 488 g/mol. The van der Waals surface area contributed by atoms with Crippen LogP contribution in [0.1, 0.15) is 58.8 Å². The van der Waals surface area contributed by atoms with Crippen LogP contribution in [0, 0.1) is 16.7 Å². The van der Waals surface area contributed by atoms with Crippen molar-refractivity contribution in [2.45, 2.75) is 58.2 Å². The van der Waals surface area contributed by atoms with Crippen LogP contribution in [0.25, 0.3) is 5.69 Å². The number of nitrogens with zero attached hydrogens (tertiary/aromatic N) is 5. The smallest absolute Gasteiger partial charge is 0.250 e. The van der Waals surface area contributed by atoms with E-state index in [-0.39, 0.29) is 28.5 Å². The lowest BCUT2D eigenvalue weighted by molar-refractivity contribution is -0.118. The fourth-order valence-corrected chi connectivity index (χ4v) is 5.98. The Morgan fingerprint density at radius 2 is 2.00 bits per heavy atom. The zero-order chi connectivity index (χ0) is 24.0. The second kappa shape index (κ2) is 9.04. The third kappa shape index (κ3) is 4.33. The molecule has 2 aliphatic rings. The van der Waals surface area contributed by atoms with Crippen LogP contribution >= 0.6 is 23.4 Å². The molecule has 1 aromatic carbocycles. The zero-order valence-electron chi connectivity index (χ0n) is 20.2. The summed E-state index contributed by atoms with van der Waals surface area (Å²) in [6.45, 7) is 9.04. The molecule has 7 nitrogen and oxygen atoms in total. The first-order chi connectivity index (χ1) is 15.5. The average molecular weight is 489 g/mol. The molecule has 33 heavy (non-hydrogen) atoms. The molecule has 1 heterocycles. The third-order valence-corrected chi connectivity index (χ3v) is 9.23. The number of carbonyl (C=O) groups is 1. The number of thioether (sulfide) groups is 1. The molecule has 2 fully saturated rings. The van der Waals surface area contributed by atoms with E-state index in [1.165, 1.54) is 18.2 Å². The summed E-state index contributed by atoms with van der Waals surface area (Å²) in [5.41, 5.74) is 5.16. The van der Waals surface area contributed by atoms with Gasteiger partial charge < -0.3 is 0 Å². The maximum Gasteiger partial charge on any atom is 0.250 e. The molecule has 0 aliphatic heterocycles. The van der Waals surface area contributed by atoms with Crippen LogP contribution in [0.4, 0.5) is 0 Å². The molecule has 2 aromatic rings. The number of hydrogen-bond donors (Lipinski definition) is 1. The van der Waals surface area contributed by atoms with Crippen LogP contribution in [0.3, 0.4) is 0 Å². The molecular formula is C24H33ClN6OS. The highest BCUT2D eigenvalue weighted by molar-refractivity contribution is 7.99. The number of halogens is 1. The van der Waals surface area contributed by atoms with Crippen LogP contribution in [0.5, 0.6) is 0 Å². The fourth-order valence-electron chi connectivity index (χ4n) is 5.10. The number of hydrogen-bond acceptors (Lipinski definition) is 6. The lowest BCUT2D eigenvalue weighted by atomic mass is 9.70. The Morgan fingerprint density at radius 3 is 2.58 bits per heavy atom. The van der Waals surface area contributed by atoms with Gasteiger partial charge in [-0.15, -0.1) is 10.2 Å². The summed E-state index contributed by atoms with van der Waals surface area (Å²) in [5, 5.41) is 14.7. The Morgan fingerprint density at radius 1 is 1.30 bits per heavy atom. The van der Waals surface area contributed by atoms with Gasteiger partial charge in [-0.05, 0) is 75.9 Å². The minimum Gasteiger partial charge on any atom is -0.300 e. The summed E-state index contributed by atoms with van der Waals surface area (Å²) in [7, 11) is 4.00. The number of fused-ring (bicyclic) bond motifs is 2. The molecule has 1 aromatic heterocycles. The standard InChI is InChI=1S/C24H33ClN6OS/c1-15(30(5)6)21-28-29-22(31(21)18-9-7-17(25)8-10-18)33-14-20(32)27-26-19-13-16-11-12-24(19,4)23(16,2)3/h7-10,15-16H,11-14H2,1-6H3,(H,27,32)/b26-19+. The normalized spacial score (nSPS) is 25.7. The highest BCUT2D eigenvalue weighted by Crippen LogP contribution is 2.63. The molecule has 2 bridgehead atoms. The second-order valence-electron chi connectivity index (χ2n) is 10.2. The maximum atomic E-state index is 12.7. The topological polar surface area (TPSA) is 75.4 Å². The van der Waals surface area contributed by atoms with E-state index < -0.39 is 0 Å².